The van der Waals surface area contributed by atoms with E-state index in [9.17, 15) is 0 Å². The Bertz CT molecular complexity index is 414. The molecule has 0 fully saturated rings. The fourth-order valence-corrected chi connectivity index (χ4v) is 1.31. The van der Waals surface area contributed by atoms with Crippen molar-refractivity contribution in [2.45, 2.75) is 0 Å². The maximum absolute atomic E-state index is 5.41. The van der Waals surface area contributed by atoms with E-state index in [1.807, 2.05) is 0 Å². The summed E-state index contributed by atoms with van der Waals surface area (Å²) >= 11 is 1.31. The van der Waals surface area contributed by atoms with Gasteiger partial charge in [-0.3, -0.25) is 0 Å². The van der Waals surface area contributed by atoms with Gasteiger partial charge in [0.15, 0.2) is 0 Å². The number of imidazole rings is 1. The monoisotopic (exact) mass is 209 g/mol. The molecule has 7 nitrogen and oxygen atoms in total. The molecule has 72 valence electrons. The van der Waals surface area contributed by atoms with E-state index < -0.39 is 0 Å². The average molecular weight is 209 g/mol. The molecule has 2 aromatic heterocycles. The van der Waals surface area contributed by atoms with Crippen LogP contribution in [0.25, 0.3) is 0 Å². The number of hydrogen-bond acceptors (Lipinski definition) is 7. The van der Waals surface area contributed by atoms with Gasteiger partial charge in [-0.05, 0) is 0 Å². The summed E-state index contributed by atoms with van der Waals surface area (Å²) in [4.78, 5) is 10.4. The summed E-state index contributed by atoms with van der Waals surface area (Å²) in [5, 5.41) is 9.76. The molecule has 5 N–H and O–H groups in total. The number of nitrogens with one attached hydrogen (secondary N) is 1. The maximum atomic E-state index is 5.41. The first-order valence-electron chi connectivity index (χ1n) is 3.67. The van der Waals surface area contributed by atoms with E-state index in [2.05, 4.69) is 25.2 Å². The lowest BCUT2D eigenvalue weighted by molar-refractivity contribution is 1.11. The maximum Gasteiger partial charge on any atom is 0.248 e. The fraction of sp³-hybridized carbons (Fsp3) is 0. The van der Waals surface area contributed by atoms with Crippen LogP contribution in [0.15, 0.2) is 21.8 Å². The van der Waals surface area contributed by atoms with Crippen LogP contribution < -0.4 is 11.5 Å². The van der Waals surface area contributed by atoms with Crippen LogP contribution in [-0.2, 0) is 0 Å². The standard InChI is InChI=1S/C6H7N7S/c7-3-1-9-5(10-3)12-13-6-11-4(8)2-14-6/h1-2H,7-8H2,(H,9,10)/b13-12+. The minimum atomic E-state index is 0.344. The number of azo groups is 1. The third kappa shape index (κ3) is 1.85. The lowest BCUT2D eigenvalue weighted by Gasteiger charge is -1.82. The summed E-state index contributed by atoms with van der Waals surface area (Å²) in [6.45, 7) is 0. The Morgan fingerprint density at radius 3 is 2.79 bits per heavy atom. The molecule has 0 unspecified atom stereocenters. The second-order valence-corrected chi connectivity index (χ2v) is 3.25. The molecule has 0 saturated carbocycles. The van der Waals surface area contributed by atoms with Gasteiger partial charge < -0.3 is 16.5 Å². The van der Waals surface area contributed by atoms with Crippen molar-refractivity contribution in [2.24, 2.45) is 10.2 Å². The summed E-state index contributed by atoms with van der Waals surface area (Å²) in [6.07, 6.45) is 1.46. The van der Waals surface area contributed by atoms with E-state index in [0.717, 1.165) is 0 Å². The first kappa shape index (κ1) is 8.63. The number of nitrogen functional groups attached to an aromatic ring is 2. The molecule has 0 amide bonds. The van der Waals surface area contributed by atoms with Crippen molar-refractivity contribution >= 4 is 34.1 Å². The van der Waals surface area contributed by atoms with E-state index in [4.69, 9.17) is 11.5 Å². The van der Waals surface area contributed by atoms with E-state index in [1.54, 1.807) is 5.38 Å². The molecular formula is C6H7N7S. The number of nitrogens with two attached hydrogens (primary N) is 2. The van der Waals surface area contributed by atoms with Crippen LogP contribution in [0, 0.1) is 0 Å². The second-order valence-electron chi connectivity index (χ2n) is 2.42. The molecule has 2 heterocycles. The molecular weight excluding hydrogens is 202 g/mol. The Kier molecular flexibility index (Phi) is 2.11. The van der Waals surface area contributed by atoms with Crippen LogP contribution in [0.3, 0.4) is 0 Å². The van der Waals surface area contributed by atoms with Gasteiger partial charge in [-0.2, -0.15) is 0 Å². The highest BCUT2D eigenvalue weighted by atomic mass is 32.1. The van der Waals surface area contributed by atoms with Crippen LogP contribution in [0.5, 0.6) is 0 Å². The smallest absolute Gasteiger partial charge is 0.248 e. The Hall–Kier alpha value is -1.96. The van der Waals surface area contributed by atoms with Crippen LogP contribution >= 0.6 is 11.3 Å². The molecule has 0 aliphatic carbocycles. The molecule has 0 radical (unpaired) electrons. The van der Waals surface area contributed by atoms with Gasteiger partial charge in [0, 0.05) is 5.38 Å². The van der Waals surface area contributed by atoms with Crippen molar-refractivity contribution in [3.63, 3.8) is 0 Å². The quantitative estimate of drug-likeness (QED) is 0.648. The van der Waals surface area contributed by atoms with Crippen molar-refractivity contribution in [3.8, 4) is 0 Å². The highest BCUT2D eigenvalue weighted by Crippen LogP contribution is 2.21. The molecule has 0 aromatic carbocycles. The molecule has 2 rings (SSSR count). The minimum absolute atomic E-state index is 0.344. The van der Waals surface area contributed by atoms with Gasteiger partial charge in [-0.1, -0.05) is 11.3 Å². The molecule has 0 aliphatic heterocycles. The van der Waals surface area contributed by atoms with Gasteiger partial charge in [0.05, 0.1) is 6.20 Å². The molecule has 0 atom stereocenters. The SMILES string of the molecule is Nc1csc(/N=N/c2ncc(N)[nH]2)n1. The Morgan fingerprint density at radius 1 is 1.36 bits per heavy atom. The van der Waals surface area contributed by atoms with Crippen molar-refractivity contribution in [1.29, 1.82) is 0 Å². The zero-order chi connectivity index (χ0) is 9.97. The predicted molar refractivity (Wildman–Crippen MR) is 53.7 cm³/mol. The van der Waals surface area contributed by atoms with E-state index >= 15 is 0 Å². The summed E-state index contributed by atoms with van der Waals surface area (Å²) in [5.41, 5.74) is 10.8. The number of hydrogen-bond donors (Lipinski definition) is 3. The lowest BCUT2D eigenvalue weighted by Crippen LogP contribution is -1.81. The Balaban J connectivity index is 2.14. The zero-order valence-electron chi connectivity index (χ0n) is 7.01. The third-order valence-electron chi connectivity index (χ3n) is 1.32. The summed E-state index contributed by atoms with van der Waals surface area (Å²) in [6, 6.07) is 0. The van der Waals surface area contributed by atoms with Gasteiger partial charge in [0.25, 0.3) is 0 Å². The number of aromatic amines is 1. The van der Waals surface area contributed by atoms with Crippen LogP contribution in [-0.4, -0.2) is 15.0 Å². The number of H-pyrrole nitrogens is 1. The highest BCUT2D eigenvalue weighted by Gasteiger charge is 1.97. The van der Waals surface area contributed by atoms with Crippen molar-refractivity contribution in [1.82, 2.24) is 15.0 Å². The van der Waals surface area contributed by atoms with Gasteiger partial charge in [-0.25, -0.2) is 9.97 Å². The minimum Gasteiger partial charge on any atom is -0.384 e. The van der Waals surface area contributed by atoms with Crippen LogP contribution in [0.4, 0.5) is 22.7 Å². The first-order chi connectivity index (χ1) is 6.74. The van der Waals surface area contributed by atoms with Gasteiger partial charge in [0.2, 0.25) is 11.1 Å². The largest absolute Gasteiger partial charge is 0.384 e. The van der Waals surface area contributed by atoms with Gasteiger partial charge in [-0.15, -0.1) is 10.2 Å². The molecule has 0 spiro atoms. The van der Waals surface area contributed by atoms with Gasteiger partial charge >= 0.3 is 0 Å². The van der Waals surface area contributed by atoms with E-state index in [1.165, 1.54) is 17.5 Å². The average Bonchev–Trinajstić information content (AvgIpc) is 2.72. The number of nitrogens with zero attached hydrogens (tertiary/aromatic N) is 4. The molecule has 0 saturated heterocycles. The first-order valence-corrected chi connectivity index (χ1v) is 4.55. The number of aromatic nitrogens is 3. The Labute approximate surface area is 82.9 Å². The predicted octanol–water partition coefficient (Wildman–Crippen LogP) is 1.45. The van der Waals surface area contributed by atoms with Gasteiger partial charge in [0.1, 0.15) is 11.6 Å². The zero-order valence-corrected chi connectivity index (χ0v) is 7.82. The second kappa shape index (κ2) is 3.42. The molecule has 0 aliphatic rings. The topological polar surface area (TPSA) is 118 Å². The molecule has 2 aromatic rings. The highest BCUT2D eigenvalue weighted by molar-refractivity contribution is 7.13. The molecule has 8 heteroatoms. The normalized spacial score (nSPS) is 11.1. The lowest BCUT2D eigenvalue weighted by atomic mass is 10.8. The number of anilines is 2. The fourth-order valence-electron chi connectivity index (χ4n) is 0.787. The summed E-state index contributed by atoms with van der Waals surface area (Å²) < 4.78 is 0. The van der Waals surface area contributed by atoms with Crippen molar-refractivity contribution in [2.75, 3.05) is 11.5 Å². The molecule has 14 heavy (non-hydrogen) atoms. The van der Waals surface area contributed by atoms with E-state index in [0.29, 0.717) is 22.7 Å². The Morgan fingerprint density at radius 2 is 2.21 bits per heavy atom. The van der Waals surface area contributed by atoms with Crippen LogP contribution in [0.2, 0.25) is 0 Å². The van der Waals surface area contributed by atoms with Crippen LogP contribution in [0.1, 0.15) is 0 Å². The molecule has 0 bridgehead atoms. The number of rotatable bonds is 2. The van der Waals surface area contributed by atoms with E-state index in [-0.39, 0.29) is 0 Å². The summed E-state index contributed by atoms with van der Waals surface area (Å²) in [7, 11) is 0. The van der Waals surface area contributed by atoms with Crippen molar-refractivity contribution in [3.05, 3.63) is 11.6 Å². The summed E-state index contributed by atoms with van der Waals surface area (Å²) in [5.74, 6) is 1.22. The third-order valence-corrected chi connectivity index (χ3v) is 2.07. The number of thiazole rings is 1. The van der Waals surface area contributed by atoms with Crippen molar-refractivity contribution < 1.29 is 0 Å².